The first-order valence-electron chi connectivity index (χ1n) is 9.96. The van der Waals surface area contributed by atoms with Crippen LogP contribution in [-0.2, 0) is 10.2 Å². The molecule has 2 heterocycles. The average Bonchev–Trinajstić information content (AvgIpc) is 2.73. The first-order chi connectivity index (χ1) is 13.3. The van der Waals surface area contributed by atoms with E-state index in [1.54, 1.807) is 34.6 Å². The number of pyridine rings is 1. The largest absolute Gasteiger partial charge is 0.363 e. The Hall–Kier alpha value is -1.71. The highest BCUT2D eigenvalue weighted by molar-refractivity contribution is 7.86. The highest BCUT2D eigenvalue weighted by Gasteiger charge is 2.35. The first-order valence-corrected chi connectivity index (χ1v) is 11.4. The maximum atomic E-state index is 13.0. The molecule has 0 N–H and O–H groups in total. The van der Waals surface area contributed by atoms with Crippen LogP contribution in [0.1, 0.15) is 42.5 Å². The molecule has 1 saturated heterocycles. The van der Waals surface area contributed by atoms with Crippen LogP contribution in [0.4, 0.5) is 5.82 Å². The lowest BCUT2D eigenvalue weighted by Crippen LogP contribution is -2.55. The Morgan fingerprint density at radius 2 is 1.71 bits per heavy atom. The third kappa shape index (κ3) is 4.47. The van der Waals surface area contributed by atoms with Gasteiger partial charge in [-0.05, 0) is 25.0 Å². The number of anilines is 1. The summed E-state index contributed by atoms with van der Waals surface area (Å²) < 4.78 is 29.0. The normalized spacial score (nSPS) is 19.8. The molecule has 1 aliphatic heterocycles. The predicted octanol–water partition coefficient (Wildman–Crippen LogP) is 1.41. The molecule has 8 nitrogen and oxygen atoms in total. The van der Waals surface area contributed by atoms with E-state index >= 15 is 0 Å². The second-order valence-electron chi connectivity index (χ2n) is 7.80. The van der Waals surface area contributed by atoms with Crippen LogP contribution >= 0.6 is 0 Å². The Labute approximate surface area is 168 Å². The summed E-state index contributed by atoms with van der Waals surface area (Å²) in [5.41, 5.74) is 0.578. The van der Waals surface area contributed by atoms with Crippen LogP contribution in [-0.4, -0.2) is 86.2 Å². The summed E-state index contributed by atoms with van der Waals surface area (Å²) in [4.78, 5) is 20.6. The van der Waals surface area contributed by atoms with Gasteiger partial charge in [-0.15, -0.1) is 0 Å². The summed E-state index contributed by atoms with van der Waals surface area (Å²) in [6, 6.07) is 3.57. The van der Waals surface area contributed by atoms with Crippen molar-refractivity contribution in [2.45, 2.75) is 38.1 Å². The van der Waals surface area contributed by atoms with Gasteiger partial charge in [0.1, 0.15) is 5.82 Å². The Morgan fingerprint density at radius 1 is 1.07 bits per heavy atom. The van der Waals surface area contributed by atoms with Crippen molar-refractivity contribution in [2.75, 3.05) is 52.2 Å². The van der Waals surface area contributed by atoms with E-state index in [1.165, 1.54) is 10.7 Å². The van der Waals surface area contributed by atoms with Gasteiger partial charge in [0.2, 0.25) is 0 Å². The summed E-state index contributed by atoms with van der Waals surface area (Å²) in [7, 11) is 1.97. The highest BCUT2D eigenvalue weighted by atomic mass is 32.2. The highest BCUT2D eigenvalue weighted by Crippen LogP contribution is 2.25. The average molecular weight is 410 g/mol. The molecule has 9 heteroatoms. The number of rotatable bonds is 5. The molecule has 156 valence electrons. The Kier molecular flexibility index (Phi) is 6.57. The van der Waals surface area contributed by atoms with E-state index in [9.17, 15) is 13.2 Å². The van der Waals surface area contributed by atoms with Gasteiger partial charge in [0.25, 0.3) is 16.1 Å². The third-order valence-electron chi connectivity index (χ3n) is 5.76. The fraction of sp³-hybridized carbons (Fsp3) is 0.684. The van der Waals surface area contributed by atoms with Crippen LogP contribution in [0.2, 0.25) is 0 Å². The van der Waals surface area contributed by atoms with E-state index in [0.717, 1.165) is 31.5 Å². The van der Waals surface area contributed by atoms with Gasteiger partial charge in [-0.2, -0.15) is 17.0 Å². The molecule has 2 fully saturated rings. The zero-order valence-corrected chi connectivity index (χ0v) is 17.9. The zero-order valence-electron chi connectivity index (χ0n) is 17.0. The summed E-state index contributed by atoms with van der Waals surface area (Å²) in [5.74, 6) is 0.643. The van der Waals surface area contributed by atoms with Crippen molar-refractivity contribution in [2.24, 2.45) is 0 Å². The molecule has 0 radical (unpaired) electrons. The van der Waals surface area contributed by atoms with Gasteiger partial charge < -0.3 is 9.80 Å². The van der Waals surface area contributed by atoms with Gasteiger partial charge in [0.15, 0.2) is 0 Å². The van der Waals surface area contributed by atoms with Crippen molar-refractivity contribution in [3.8, 4) is 0 Å². The van der Waals surface area contributed by atoms with Gasteiger partial charge >= 0.3 is 0 Å². The van der Waals surface area contributed by atoms with Crippen LogP contribution in [0.25, 0.3) is 0 Å². The van der Waals surface area contributed by atoms with Crippen molar-refractivity contribution >= 4 is 21.9 Å². The zero-order chi connectivity index (χ0) is 20.3. The molecule has 1 saturated carbocycles. The van der Waals surface area contributed by atoms with E-state index in [0.29, 0.717) is 31.7 Å². The molecular weight excluding hydrogens is 378 g/mol. The van der Waals surface area contributed by atoms with E-state index < -0.39 is 10.2 Å². The van der Waals surface area contributed by atoms with E-state index in [1.807, 2.05) is 19.0 Å². The number of hydrogen-bond acceptors (Lipinski definition) is 5. The molecule has 28 heavy (non-hydrogen) atoms. The number of amides is 1. The Bertz CT molecular complexity index is 785. The molecule has 3 rings (SSSR count). The predicted molar refractivity (Wildman–Crippen MR) is 110 cm³/mol. The minimum Gasteiger partial charge on any atom is -0.363 e. The molecule has 0 bridgehead atoms. The Morgan fingerprint density at radius 3 is 2.32 bits per heavy atom. The fourth-order valence-electron chi connectivity index (χ4n) is 3.92. The quantitative estimate of drug-likeness (QED) is 0.735. The molecule has 1 amide bonds. The van der Waals surface area contributed by atoms with Crippen LogP contribution < -0.4 is 4.90 Å². The molecule has 0 spiro atoms. The number of aromatic nitrogens is 1. The number of hydrogen-bond donors (Lipinski definition) is 0. The van der Waals surface area contributed by atoms with Crippen molar-refractivity contribution in [1.82, 2.24) is 18.5 Å². The maximum Gasteiger partial charge on any atom is 0.282 e. The summed E-state index contributed by atoms with van der Waals surface area (Å²) in [6.07, 6.45) is 6.87. The molecule has 2 aliphatic rings. The van der Waals surface area contributed by atoms with Gasteiger partial charge in [-0.1, -0.05) is 19.3 Å². The van der Waals surface area contributed by atoms with Crippen molar-refractivity contribution < 1.29 is 13.2 Å². The molecule has 1 aliphatic carbocycles. The number of carbonyl (C=O) groups excluding carboxylic acids is 1. The second-order valence-corrected chi connectivity index (χ2v) is 9.79. The van der Waals surface area contributed by atoms with Crippen LogP contribution in [0.3, 0.4) is 0 Å². The van der Waals surface area contributed by atoms with Crippen molar-refractivity contribution in [3.05, 3.63) is 23.9 Å². The monoisotopic (exact) mass is 409 g/mol. The summed E-state index contributed by atoms with van der Waals surface area (Å²) in [6.45, 7) is 1.46. The lowest BCUT2D eigenvalue weighted by Gasteiger charge is -2.38. The minimum atomic E-state index is -3.48. The van der Waals surface area contributed by atoms with Crippen LogP contribution in [0.15, 0.2) is 18.3 Å². The van der Waals surface area contributed by atoms with E-state index in [4.69, 9.17) is 0 Å². The van der Waals surface area contributed by atoms with E-state index in [2.05, 4.69) is 4.98 Å². The Balaban J connectivity index is 1.62. The number of carbonyl (C=O) groups is 1. The molecule has 0 unspecified atom stereocenters. The van der Waals surface area contributed by atoms with E-state index in [-0.39, 0.29) is 11.9 Å². The SMILES string of the molecule is CN(C)c1cc(C(=O)N2CCN(S(=O)(=O)N(C)C3CCCCC3)CC2)ccn1. The number of nitrogens with zero attached hydrogens (tertiary/aromatic N) is 5. The molecule has 0 atom stereocenters. The topological polar surface area (TPSA) is 77.1 Å². The number of piperazine rings is 1. The van der Waals surface area contributed by atoms with Crippen molar-refractivity contribution in [1.29, 1.82) is 0 Å². The summed E-state index contributed by atoms with van der Waals surface area (Å²) >= 11 is 0. The summed E-state index contributed by atoms with van der Waals surface area (Å²) in [5, 5.41) is 0. The fourth-order valence-corrected chi connectivity index (χ4v) is 5.49. The van der Waals surface area contributed by atoms with Crippen LogP contribution in [0.5, 0.6) is 0 Å². The first kappa shape index (κ1) is 21.0. The lowest BCUT2D eigenvalue weighted by molar-refractivity contribution is 0.0692. The third-order valence-corrected chi connectivity index (χ3v) is 7.80. The maximum absolute atomic E-state index is 13.0. The van der Waals surface area contributed by atoms with Crippen LogP contribution in [0, 0.1) is 0 Å². The van der Waals surface area contributed by atoms with Gasteiger partial charge in [0, 0.05) is 65.1 Å². The van der Waals surface area contributed by atoms with Gasteiger partial charge in [0.05, 0.1) is 0 Å². The molecule has 1 aromatic heterocycles. The standard InChI is InChI=1S/C19H31N5O3S/c1-21(2)18-15-16(9-10-20-18)19(25)23-11-13-24(14-12-23)28(26,27)22(3)17-7-5-4-6-8-17/h9-10,15,17H,4-8,11-14H2,1-3H3. The van der Waals surface area contributed by atoms with Gasteiger partial charge in [-0.3, -0.25) is 4.79 Å². The lowest BCUT2D eigenvalue weighted by atomic mass is 9.96. The molecule has 1 aromatic rings. The molecule has 0 aromatic carbocycles. The smallest absolute Gasteiger partial charge is 0.282 e. The minimum absolute atomic E-state index is 0.0804. The van der Waals surface area contributed by atoms with Gasteiger partial charge in [-0.25, -0.2) is 4.98 Å². The second kappa shape index (κ2) is 8.75. The van der Waals surface area contributed by atoms with Crippen molar-refractivity contribution in [3.63, 3.8) is 0 Å². The molecular formula is C19H31N5O3S.